The fourth-order valence-corrected chi connectivity index (χ4v) is 2.43. The number of nitrogens with one attached hydrogen (secondary N) is 3. The van der Waals surface area contributed by atoms with Gasteiger partial charge in [0.05, 0.1) is 0 Å². The van der Waals surface area contributed by atoms with E-state index in [2.05, 4.69) is 25.9 Å². The molecule has 0 fully saturated rings. The maximum Gasteiger partial charge on any atom is 0.229 e. The lowest BCUT2D eigenvalue weighted by molar-refractivity contribution is -0.114. The number of carbonyl (C=O) groups excluding carboxylic acids is 2. The van der Waals surface area contributed by atoms with Gasteiger partial charge in [0.25, 0.3) is 0 Å². The summed E-state index contributed by atoms with van der Waals surface area (Å²) in [5.41, 5.74) is 2.92. The summed E-state index contributed by atoms with van der Waals surface area (Å²) in [7, 11) is 0. The van der Waals surface area contributed by atoms with Crippen molar-refractivity contribution in [2.24, 2.45) is 0 Å². The van der Waals surface area contributed by atoms with Gasteiger partial charge in [-0.2, -0.15) is 4.98 Å². The highest BCUT2D eigenvalue weighted by atomic mass is 16.1. The molecule has 1 amide bonds. The zero-order valence-electron chi connectivity index (χ0n) is 15.0. The van der Waals surface area contributed by atoms with Crippen LogP contribution >= 0.6 is 0 Å². The Balaban J connectivity index is 1.72. The minimum atomic E-state index is -0.128. The van der Waals surface area contributed by atoms with Gasteiger partial charge < -0.3 is 16.0 Å². The number of ketones is 1. The minimum absolute atomic E-state index is 0.0190. The van der Waals surface area contributed by atoms with Gasteiger partial charge in [-0.1, -0.05) is 6.07 Å². The molecule has 0 unspecified atom stereocenters. The highest BCUT2D eigenvalue weighted by Crippen LogP contribution is 2.20. The van der Waals surface area contributed by atoms with Gasteiger partial charge in [-0.05, 0) is 55.5 Å². The molecule has 3 N–H and O–H groups in total. The summed E-state index contributed by atoms with van der Waals surface area (Å²) < 4.78 is 0. The molecule has 0 saturated carbocycles. The molecule has 27 heavy (non-hydrogen) atoms. The predicted molar refractivity (Wildman–Crippen MR) is 106 cm³/mol. The van der Waals surface area contributed by atoms with Crippen molar-refractivity contribution in [2.45, 2.75) is 13.8 Å². The van der Waals surface area contributed by atoms with Gasteiger partial charge in [-0.3, -0.25) is 9.59 Å². The average Bonchev–Trinajstić information content (AvgIpc) is 2.62. The standard InChI is InChI=1S/C20H19N5O2/c1-13(26)15-6-8-16(9-7-15)24-20-21-11-10-19(25-20)23-18-5-3-4-17(12-18)22-14(2)27/h3-12H,1-2H3,(H,22,27)(H2,21,23,24,25). The Morgan fingerprint density at radius 3 is 2.30 bits per heavy atom. The van der Waals surface area contributed by atoms with Crippen molar-refractivity contribution in [1.82, 2.24) is 9.97 Å². The molecule has 0 aliphatic carbocycles. The molecule has 3 aromatic rings. The fourth-order valence-electron chi connectivity index (χ4n) is 2.43. The maximum atomic E-state index is 11.3. The van der Waals surface area contributed by atoms with Crippen LogP contribution in [-0.4, -0.2) is 21.7 Å². The molecule has 136 valence electrons. The first-order valence-corrected chi connectivity index (χ1v) is 8.35. The molecule has 0 spiro atoms. The first-order chi connectivity index (χ1) is 13.0. The second-order valence-corrected chi connectivity index (χ2v) is 5.91. The van der Waals surface area contributed by atoms with E-state index in [-0.39, 0.29) is 11.7 Å². The third-order valence-electron chi connectivity index (χ3n) is 3.66. The number of aromatic nitrogens is 2. The van der Waals surface area contributed by atoms with E-state index in [1.807, 2.05) is 24.3 Å². The summed E-state index contributed by atoms with van der Waals surface area (Å²) in [5.74, 6) is 0.920. The average molecular weight is 361 g/mol. The van der Waals surface area contributed by atoms with Crippen LogP contribution in [0.15, 0.2) is 60.8 Å². The van der Waals surface area contributed by atoms with Gasteiger partial charge in [0, 0.05) is 35.7 Å². The number of benzene rings is 2. The van der Waals surface area contributed by atoms with Crippen LogP contribution < -0.4 is 16.0 Å². The Hall–Kier alpha value is -3.74. The summed E-state index contributed by atoms with van der Waals surface area (Å²) in [6.45, 7) is 2.99. The van der Waals surface area contributed by atoms with Crippen LogP contribution in [0, 0.1) is 0 Å². The second kappa shape index (κ2) is 8.09. The minimum Gasteiger partial charge on any atom is -0.340 e. The molecule has 0 aliphatic heterocycles. The number of carbonyl (C=O) groups is 2. The predicted octanol–water partition coefficient (Wildman–Crippen LogP) is 4.12. The molecule has 3 rings (SSSR count). The van der Waals surface area contributed by atoms with Crippen LogP contribution in [0.4, 0.5) is 28.8 Å². The SMILES string of the molecule is CC(=O)Nc1cccc(Nc2ccnc(Nc3ccc(C(C)=O)cc3)n2)c1. The zero-order valence-corrected chi connectivity index (χ0v) is 15.0. The van der Waals surface area contributed by atoms with Gasteiger partial charge in [0.15, 0.2) is 5.78 Å². The van der Waals surface area contributed by atoms with Crippen molar-refractivity contribution in [2.75, 3.05) is 16.0 Å². The molecule has 0 bridgehead atoms. The van der Waals surface area contributed by atoms with Crippen molar-refractivity contribution in [3.63, 3.8) is 0 Å². The lowest BCUT2D eigenvalue weighted by Gasteiger charge is -2.10. The highest BCUT2D eigenvalue weighted by Gasteiger charge is 2.04. The smallest absolute Gasteiger partial charge is 0.229 e. The third kappa shape index (κ3) is 5.12. The molecular weight excluding hydrogens is 342 g/mol. The number of hydrogen-bond donors (Lipinski definition) is 3. The Morgan fingerprint density at radius 1 is 0.852 bits per heavy atom. The van der Waals surface area contributed by atoms with E-state index >= 15 is 0 Å². The van der Waals surface area contributed by atoms with Crippen molar-refractivity contribution >= 4 is 40.5 Å². The van der Waals surface area contributed by atoms with E-state index < -0.39 is 0 Å². The molecule has 0 radical (unpaired) electrons. The molecule has 0 atom stereocenters. The maximum absolute atomic E-state index is 11.3. The highest BCUT2D eigenvalue weighted by molar-refractivity contribution is 5.94. The summed E-state index contributed by atoms with van der Waals surface area (Å²) in [5, 5.41) is 9.02. The van der Waals surface area contributed by atoms with Crippen LogP contribution in [0.1, 0.15) is 24.2 Å². The number of Topliss-reactive ketones (excluding diaryl/α,β-unsaturated/α-hetero) is 1. The van der Waals surface area contributed by atoms with Crippen LogP contribution in [-0.2, 0) is 4.79 Å². The molecule has 2 aromatic carbocycles. The van der Waals surface area contributed by atoms with E-state index in [4.69, 9.17) is 0 Å². The van der Waals surface area contributed by atoms with Gasteiger partial charge in [0.1, 0.15) is 5.82 Å². The van der Waals surface area contributed by atoms with Crippen molar-refractivity contribution in [3.05, 3.63) is 66.4 Å². The lowest BCUT2D eigenvalue weighted by Crippen LogP contribution is -2.06. The summed E-state index contributed by atoms with van der Waals surface area (Å²) in [6, 6.07) is 16.2. The van der Waals surface area contributed by atoms with Crippen molar-refractivity contribution < 1.29 is 9.59 Å². The van der Waals surface area contributed by atoms with E-state index in [9.17, 15) is 9.59 Å². The van der Waals surface area contributed by atoms with Crippen LogP contribution in [0.25, 0.3) is 0 Å². The van der Waals surface area contributed by atoms with E-state index in [0.717, 1.165) is 11.4 Å². The molecule has 7 nitrogen and oxygen atoms in total. The molecule has 7 heteroatoms. The van der Waals surface area contributed by atoms with Crippen LogP contribution in [0.3, 0.4) is 0 Å². The van der Waals surface area contributed by atoms with Crippen molar-refractivity contribution in [3.8, 4) is 0 Å². The molecule has 0 aliphatic rings. The van der Waals surface area contributed by atoms with Gasteiger partial charge in [-0.25, -0.2) is 4.98 Å². The number of hydrogen-bond acceptors (Lipinski definition) is 6. The quantitative estimate of drug-likeness (QED) is 0.572. The second-order valence-electron chi connectivity index (χ2n) is 5.91. The summed E-state index contributed by atoms with van der Waals surface area (Å²) in [6.07, 6.45) is 1.64. The fraction of sp³-hybridized carbons (Fsp3) is 0.100. The van der Waals surface area contributed by atoms with Gasteiger partial charge in [0.2, 0.25) is 11.9 Å². The molecule has 1 heterocycles. The van der Waals surface area contributed by atoms with Crippen LogP contribution in [0.2, 0.25) is 0 Å². The number of anilines is 5. The number of rotatable bonds is 6. The normalized spacial score (nSPS) is 10.1. The summed E-state index contributed by atoms with van der Waals surface area (Å²) >= 11 is 0. The Kier molecular flexibility index (Phi) is 5.41. The molecule has 1 aromatic heterocycles. The summed E-state index contributed by atoms with van der Waals surface area (Å²) in [4.78, 5) is 31.1. The zero-order chi connectivity index (χ0) is 19.2. The number of nitrogens with zero attached hydrogens (tertiary/aromatic N) is 2. The lowest BCUT2D eigenvalue weighted by atomic mass is 10.1. The van der Waals surface area contributed by atoms with Crippen LogP contribution in [0.5, 0.6) is 0 Å². The van der Waals surface area contributed by atoms with E-state index in [0.29, 0.717) is 23.0 Å². The Morgan fingerprint density at radius 2 is 1.59 bits per heavy atom. The topological polar surface area (TPSA) is 96.0 Å². The Labute approximate surface area is 156 Å². The third-order valence-corrected chi connectivity index (χ3v) is 3.66. The largest absolute Gasteiger partial charge is 0.340 e. The first kappa shape index (κ1) is 18.1. The van der Waals surface area contributed by atoms with Gasteiger partial charge in [-0.15, -0.1) is 0 Å². The van der Waals surface area contributed by atoms with Crippen molar-refractivity contribution in [1.29, 1.82) is 0 Å². The Bertz CT molecular complexity index is 970. The molecular formula is C20H19N5O2. The first-order valence-electron chi connectivity index (χ1n) is 8.35. The molecule has 0 saturated heterocycles. The monoisotopic (exact) mass is 361 g/mol. The van der Waals surface area contributed by atoms with E-state index in [1.165, 1.54) is 13.8 Å². The number of amides is 1. The van der Waals surface area contributed by atoms with Gasteiger partial charge >= 0.3 is 0 Å². The van der Waals surface area contributed by atoms with E-state index in [1.54, 1.807) is 36.5 Å².